The third-order valence-corrected chi connectivity index (χ3v) is 5.15. The minimum atomic E-state index is -3.09. The molecular formula is C22H19Cl2F2NO4. The number of nitrogens with zero attached hydrogens (tertiary/aromatic N) is 1. The highest BCUT2D eigenvalue weighted by Gasteiger charge is 2.24. The Morgan fingerprint density at radius 3 is 2.45 bits per heavy atom. The average molecular weight is 470 g/mol. The van der Waals surface area contributed by atoms with Crippen LogP contribution >= 0.6 is 23.2 Å². The number of esters is 1. The predicted octanol–water partition coefficient (Wildman–Crippen LogP) is 5.85. The quantitative estimate of drug-likeness (QED) is 0.387. The number of pyridine rings is 1. The van der Waals surface area contributed by atoms with Gasteiger partial charge in [-0.3, -0.25) is 4.98 Å². The third-order valence-electron chi connectivity index (χ3n) is 4.60. The molecule has 0 atom stereocenters. The molecular weight excluding hydrogens is 451 g/mol. The Bertz CT molecular complexity index is 1090. The molecule has 0 spiro atoms. The Morgan fingerprint density at radius 1 is 1.13 bits per heavy atom. The van der Waals surface area contributed by atoms with E-state index in [9.17, 15) is 13.6 Å². The molecule has 31 heavy (non-hydrogen) atoms. The van der Waals surface area contributed by atoms with E-state index in [0.717, 1.165) is 5.56 Å². The van der Waals surface area contributed by atoms with Crippen LogP contribution in [0.5, 0.6) is 11.5 Å². The van der Waals surface area contributed by atoms with Gasteiger partial charge in [0.25, 0.3) is 0 Å². The van der Waals surface area contributed by atoms with Gasteiger partial charge in [-0.15, -0.1) is 0 Å². The summed E-state index contributed by atoms with van der Waals surface area (Å²) in [7, 11) is 1.22. The molecule has 0 aliphatic rings. The molecule has 3 aromatic rings. The van der Waals surface area contributed by atoms with E-state index >= 15 is 0 Å². The zero-order valence-electron chi connectivity index (χ0n) is 16.8. The molecule has 164 valence electrons. The first-order valence-electron chi connectivity index (χ1n) is 9.36. The number of ether oxygens (including phenoxy) is 3. The summed E-state index contributed by atoms with van der Waals surface area (Å²) in [6.07, 6.45) is 0.732. The number of carbonyl (C=O) groups excluding carboxylic acids is 1. The number of carbonyl (C=O) groups is 1. The highest BCUT2D eigenvalue weighted by Crippen LogP contribution is 2.42. The lowest BCUT2D eigenvalue weighted by Gasteiger charge is -2.19. The molecule has 0 aliphatic heterocycles. The topological polar surface area (TPSA) is 57.7 Å². The molecule has 9 heteroatoms. The van der Waals surface area contributed by atoms with Crippen LogP contribution in [-0.2, 0) is 22.4 Å². The van der Waals surface area contributed by atoms with Crippen LogP contribution in [0.3, 0.4) is 0 Å². The lowest BCUT2D eigenvalue weighted by Crippen LogP contribution is -2.14. The van der Waals surface area contributed by atoms with Crippen LogP contribution in [0, 0.1) is 0 Å². The molecule has 0 N–H and O–H groups in total. The third kappa shape index (κ3) is 5.35. The Balaban J connectivity index is 2.24. The summed E-state index contributed by atoms with van der Waals surface area (Å²) in [6, 6.07) is 10.0. The van der Waals surface area contributed by atoms with Crippen molar-refractivity contribution in [1.82, 2.24) is 4.98 Å². The zero-order valence-corrected chi connectivity index (χ0v) is 18.3. The van der Waals surface area contributed by atoms with Gasteiger partial charge in [0.1, 0.15) is 11.5 Å². The maximum Gasteiger partial charge on any atom is 0.387 e. The molecule has 0 bridgehead atoms. The van der Waals surface area contributed by atoms with Gasteiger partial charge in [-0.25, -0.2) is 4.79 Å². The second-order valence-electron chi connectivity index (χ2n) is 6.54. The Labute approximate surface area is 187 Å². The normalized spacial score (nSPS) is 11.1. The number of hydrogen-bond donors (Lipinski definition) is 0. The number of benzene rings is 2. The number of rotatable bonds is 8. The number of alkyl halides is 2. The summed E-state index contributed by atoms with van der Waals surface area (Å²) in [5.74, 6) is -0.582. The molecule has 3 rings (SSSR count). The molecule has 2 aromatic carbocycles. The maximum absolute atomic E-state index is 13.4. The minimum absolute atomic E-state index is 0.0887. The van der Waals surface area contributed by atoms with Gasteiger partial charge < -0.3 is 14.2 Å². The minimum Gasteiger partial charge on any atom is -0.481 e. The van der Waals surface area contributed by atoms with Gasteiger partial charge in [0.15, 0.2) is 6.61 Å². The Kier molecular flexibility index (Phi) is 7.51. The fourth-order valence-corrected chi connectivity index (χ4v) is 3.50. The number of methoxy groups -OCH3 is 1. The van der Waals surface area contributed by atoms with E-state index in [4.69, 9.17) is 32.7 Å². The van der Waals surface area contributed by atoms with Crippen LogP contribution in [0.1, 0.15) is 23.7 Å². The van der Waals surface area contributed by atoms with Crippen molar-refractivity contribution >= 4 is 40.1 Å². The molecule has 0 amide bonds. The van der Waals surface area contributed by atoms with E-state index in [-0.39, 0.29) is 33.8 Å². The van der Waals surface area contributed by atoms with Crippen molar-refractivity contribution in [3.8, 4) is 11.5 Å². The summed E-state index contributed by atoms with van der Waals surface area (Å²) in [6.45, 7) is -1.65. The number of halogens is 4. The summed E-state index contributed by atoms with van der Waals surface area (Å²) in [5, 5.41) is 0.968. The lowest BCUT2D eigenvalue weighted by atomic mass is 9.98. The van der Waals surface area contributed by atoms with E-state index < -0.39 is 19.2 Å². The van der Waals surface area contributed by atoms with Gasteiger partial charge in [-0.2, -0.15) is 8.78 Å². The van der Waals surface area contributed by atoms with Crippen LogP contribution in [0.4, 0.5) is 8.78 Å². The van der Waals surface area contributed by atoms with Crippen molar-refractivity contribution in [2.45, 2.75) is 26.4 Å². The molecule has 0 radical (unpaired) electrons. The van der Waals surface area contributed by atoms with Crippen molar-refractivity contribution in [3.05, 3.63) is 63.3 Å². The monoisotopic (exact) mass is 469 g/mol. The highest BCUT2D eigenvalue weighted by molar-refractivity contribution is 6.35. The molecule has 0 unspecified atom stereocenters. The van der Waals surface area contributed by atoms with Gasteiger partial charge in [0, 0.05) is 22.7 Å². The van der Waals surface area contributed by atoms with Gasteiger partial charge in [0.2, 0.25) is 0 Å². The largest absolute Gasteiger partial charge is 0.481 e. The smallest absolute Gasteiger partial charge is 0.387 e. The van der Waals surface area contributed by atoms with Crippen LogP contribution in [-0.4, -0.2) is 31.3 Å². The van der Waals surface area contributed by atoms with Crippen LogP contribution in [0.25, 0.3) is 10.9 Å². The Morgan fingerprint density at radius 2 is 1.84 bits per heavy atom. The highest BCUT2D eigenvalue weighted by atomic mass is 35.5. The Hall–Kier alpha value is -2.64. The van der Waals surface area contributed by atoms with Crippen molar-refractivity contribution in [2.24, 2.45) is 0 Å². The fraction of sp³-hybridized carbons (Fsp3) is 0.273. The van der Waals surface area contributed by atoms with E-state index in [1.165, 1.54) is 19.2 Å². The first-order chi connectivity index (χ1) is 14.8. The van der Waals surface area contributed by atoms with E-state index in [2.05, 4.69) is 9.72 Å². The summed E-state index contributed by atoms with van der Waals surface area (Å²) < 4.78 is 42.0. The number of fused-ring (bicyclic) bond motifs is 1. The van der Waals surface area contributed by atoms with Gasteiger partial charge in [-0.1, -0.05) is 42.3 Å². The fourth-order valence-electron chi connectivity index (χ4n) is 3.18. The van der Waals surface area contributed by atoms with Crippen molar-refractivity contribution in [2.75, 3.05) is 13.7 Å². The number of aromatic nitrogens is 1. The predicted molar refractivity (Wildman–Crippen MR) is 115 cm³/mol. The number of aryl methyl sites for hydroxylation is 1. The summed E-state index contributed by atoms with van der Waals surface area (Å²) >= 11 is 12.3. The maximum atomic E-state index is 13.4. The molecule has 0 aliphatic carbocycles. The SMILES string of the molecule is CCc1nc2c(Cl)ccc(OCC(=O)OC)c2c(OC(F)F)c1Cc1ccc(Cl)cc1. The molecule has 0 saturated carbocycles. The van der Waals surface area contributed by atoms with Crippen molar-refractivity contribution in [1.29, 1.82) is 0 Å². The second kappa shape index (κ2) is 10.1. The first-order valence-corrected chi connectivity index (χ1v) is 10.1. The van der Waals surface area contributed by atoms with Gasteiger partial charge >= 0.3 is 12.6 Å². The summed E-state index contributed by atoms with van der Waals surface area (Å²) in [5.41, 5.74) is 2.11. The molecule has 0 saturated heterocycles. The molecule has 1 aromatic heterocycles. The summed E-state index contributed by atoms with van der Waals surface area (Å²) in [4.78, 5) is 16.1. The van der Waals surface area contributed by atoms with E-state index in [0.29, 0.717) is 22.7 Å². The molecule has 0 fully saturated rings. The lowest BCUT2D eigenvalue weighted by molar-refractivity contribution is -0.142. The second-order valence-corrected chi connectivity index (χ2v) is 7.38. The van der Waals surface area contributed by atoms with E-state index in [1.807, 2.05) is 6.92 Å². The van der Waals surface area contributed by atoms with Crippen molar-refractivity contribution in [3.63, 3.8) is 0 Å². The van der Waals surface area contributed by atoms with Gasteiger partial charge in [-0.05, 0) is 36.2 Å². The molecule has 5 nitrogen and oxygen atoms in total. The van der Waals surface area contributed by atoms with E-state index in [1.54, 1.807) is 24.3 Å². The van der Waals surface area contributed by atoms with Gasteiger partial charge in [0.05, 0.1) is 23.0 Å². The first kappa shape index (κ1) is 23.0. The van der Waals surface area contributed by atoms with Crippen LogP contribution in [0.15, 0.2) is 36.4 Å². The van der Waals surface area contributed by atoms with Crippen molar-refractivity contribution < 1.29 is 27.8 Å². The standard InChI is InChI=1S/C22H19Cl2F2NO4/c1-3-16-14(10-12-4-6-13(23)7-5-12)21(31-22(25)26)19-17(30-11-18(28)29-2)9-8-15(24)20(19)27-16/h4-9,22H,3,10-11H2,1-2H3. The zero-order chi connectivity index (χ0) is 22.5. The number of hydrogen-bond acceptors (Lipinski definition) is 5. The molecule has 1 heterocycles. The average Bonchev–Trinajstić information content (AvgIpc) is 2.75. The van der Waals surface area contributed by atoms with Crippen LogP contribution < -0.4 is 9.47 Å². The van der Waals surface area contributed by atoms with Crippen LogP contribution in [0.2, 0.25) is 10.0 Å².